The Morgan fingerprint density at radius 2 is 2.11 bits per heavy atom. The summed E-state index contributed by atoms with van der Waals surface area (Å²) in [6.45, 7) is 0. The van der Waals surface area contributed by atoms with Crippen molar-refractivity contribution in [1.82, 2.24) is 14.8 Å². The number of nitrogens with zero attached hydrogens (tertiary/aromatic N) is 2. The first-order valence-corrected chi connectivity index (χ1v) is 5.61. The van der Waals surface area contributed by atoms with E-state index in [-0.39, 0.29) is 5.91 Å². The number of amides is 1. The van der Waals surface area contributed by atoms with E-state index >= 15 is 0 Å². The van der Waals surface area contributed by atoms with Crippen LogP contribution in [0.1, 0.15) is 10.5 Å². The number of aromatic nitrogens is 3. The predicted molar refractivity (Wildman–Crippen MR) is 69.5 cm³/mol. The lowest BCUT2D eigenvalue weighted by Gasteiger charge is -2.03. The predicted octanol–water partition coefficient (Wildman–Crippen LogP) is 2.15. The topological polar surface area (TPSA) is 62.7 Å². The highest BCUT2D eigenvalue weighted by Crippen LogP contribution is 2.20. The van der Waals surface area contributed by atoms with Gasteiger partial charge in [-0.15, -0.1) is 0 Å². The van der Waals surface area contributed by atoms with Crippen LogP contribution in [0.2, 0.25) is 0 Å². The number of carbonyl (C=O) groups excluding carboxylic acids is 1. The Labute approximate surface area is 103 Å². The van der Waals surface area contributed by atoms with E-state index in [0.717, 1.165) is 10.9 Å². The van der Waals surface area contributed by atoms with Gasteiger partial charge in [0.2, 0.25) is 0 Å². The number of carbonyl (C=O) groups is 1. The van der Waals surface area contributed by atoms with Crippen LogP contribution in [0.4, 0.5) is 5.82 Å². The lowest BCUT2D eigenvalue weighted by molar-refractivity contribution is 0.101. The molecule has 0 atom stereocenters. The summed E-state index contributed by atoms with van der Waals surface area (Å²) in [6.07, 6.45) is 1.83. The zero-order valence-electron chi connectivity index (χ0n) is 9.84. The van der Waals surface area contributed by atoms with E-state index in [9.17, 15) is 4.79 Å². The normalized spacial score (nSPS) is 10.7. The van der Waals surface area contributed by atoms with Crippen LogP contribution in [0.3, 0.4) is 0 Å². The maximum absolute atomic E-state index is 12.1. The number of H-pyrrole nitrogens is 1. The Balaban J connectivity index is 1.93. The molecule has 2 aromatic heterocycles. The molecule has 1 aromatic carbocycles. The largest absolute Gasteiger partial charge is 0.347 e. The van der Waals surface area contributed by atoms with E-state index in [1.807, 2.05) is 43.6 Å². The van der Waals surface area contributed by atoms with Gasteiger partial charge in [-0.1, -0.05) is 12.1 Å². The molecule has 0 unspecified atom stereocenters. The van der Waals surface area contributed by atoms with Gasteiger partial charge in [-0.05, 0) is 24.3 Å². The number of fused-ring (bicyclic) bond motifs is 1. The fourth-order valence-electron chi connectivity index (χ4n) is 1.93. The van der Waals surface area contributed by atoms with Gasteiger partial charge >= 0.3 is 0 Å². The number of hydrogen-bond donors (Lipinski definition) is 2. The average molecular weight is 240 g/mol. The molecule has 2 heterocycles. The Morgan fingerprint density at radius 1 is 1.28 bits per heavy atom. The van der Waals surface area contributed by atoms with Gasteiger partial charge in [0, 0.05) is 18.6 Å². The van der Waals surface area contributed by atoms with Crippen molar-refractivity contribution >= 4 is 22.6 Å². The molecule has 0 radical (unpaired) electrons. The number of anilines is 1. The molecule has 5 nitrogen and oxygen atoms in total. The first-order valence-electron chi connectivity index (χ1n) is 5.61. The van der Waals surface area contributed by atoms with E-state index in [0.29, 0.717) is 11.5 Å². The van der Waals surface area contributed by atoms with Gasteiger partial charge in [-0.25, -0.2) is 0 Å². The number of aromatic amines is 1. The number of para-hydroxylation sites is 1. The highest BCUT2D eigenvalue weighted by Gasteiger charge is 2.12. The molecule has 2 N–H and O–H groups in total. The summed E-state index contributed by atoms with van der Waals surface area (Å²) in [5.41, 5.74) is 1.50. The zero-order valence-corrected chi connectivity index (χ0v) is 9.84. The van der Waals surface area contributed by atoms with Gasteiger partial charge < -0.3 is 9.88 Å². The quantitative estimate of drug-likeness (QED) is 0.721. The van der Waals surface area contributed by atoms with Crippen molar-refractivity contribution in [3.05, 3.63) is 48.3 Å². The molecule has 0 fully saturated rings. The second-order valence-electron chi connectivity index (χ2n) is 4.08. The number of rotatable bonds is 2. The van der Waals surface area contributed by atoms with Crippen LogP contribution in [0, 0.1) is 0 Å². The van der Waals surface area contributed by atoms with Gasteiger partial charge in [0.1, 0.15) is 5.69 Å². The minimum absolute atomic E-state index is 0.167. The summed E-state index contributed by atoms with van der Waals surface area (Å²) < 4.78 is 1.77. The van der Waals surface area contributed by atoms with E-state index < -0.39 is 0 Å². The van der Waals surface area contributed by atoms with Crippen LogP contribution >= 0.6 is 0 Å². The first-order chi connectivity index (χ1) is 8.75. The van der Waals surface area contributed by atoms with E-state index in [2.05, 4.69) is 15.5 Å². The second kappa shape index (κ2) is 4.03. The number of hydrogen-bond acceptors (Lipinski definition) is 2. The van der Waals surface area contributed by atoms with E-state index in [1.54, 1.807) is 10.6 Å². The summed E-state index contributed by atoms with van der Waals surface area (Å²) in [5, 5.41) is 10.7. The standard InChI is InChI=1S/C13H12N4O/c1-17-8-4-7-11(17)13(18)14-12-9-5-2-3-6-10(9)15-16-12/h2-8H,1H3,(H2,14,15,16,18). The van der Waals surface area contributed by atoms with Gasteiger partial charge in [0.15, 0.2) is 5.82 Å². The molecule has 0 saturated heterocycles. The summed E-state index contributed by atoms with van der Waals surface area (Å²) >= 11 is 0. The third kappa shape index (κ3) is 1.66. The zero-order chi connectivity index (χ0) is 12.5. The van der Waals surface area contributed by atoms with Crippen molar-refractivity contribution in [1.29, 1.82) is 0 Å². The van der Waals surface area contributed by atoms with Crippen molar-refractivity contribution < 1.29 is 4.79 Å². The molecule has 18 heavy (non-hydrogen) atoms. The molecule has 0 spiro atoms. The van der Waals surface area contributed by atoms with Crippen LogP contribution in [0.15, 0.2) is 42.6 Å². The maximum atomic E-state index is 12.1. The van der Waals surface area contributed by atoms with Crippen LogP contribution in [-0.4, -0.2) is 20.7 Å². The van der Waals surface area contributed by atoms with Gasteiger partial charge in [-0.3, -0.25) is 9.89 Å². The minimum Gasteiger partial charge on any atom is -0.347 e. The number of aryl methyl sites for hydroxylation is 1. The van der Waals surface area contributed by atoms with Crippen molar-refractivity contribution in [2.24, 2.45) is 7.05 Å². The fraction of sp³-hybridized carbons (Fsp3) is 0.0769. The van der Waals surface area contributed by atoms with E-state index in [1.165, 1.54) is 0 Å². The molecule has 3 aromatic rings. The van der Waals surface area contributed by atoms with E-state index in [4.69, 9.17) is 0 Å². The van der Waals surface area contributed by atoms with Gasteiger partial charge in [0.05, 0.1) is 5.52 Å². The minimum atomic E-state index is -0.167. The summed E-state index contributed by atoms with van der Waals surface area (Å²) in [6, 6.07) is 11.3. The average Bonchev–Trinajstić information content (AvgIpc) is 2.97. The van der Waals surface area contributed by atoms with Gasteiger partial charge in [-0.2, -0.15) is 5.10 Å². The van der Waals surface area contributed by atoms with Crippen LogP contribution in [-0.2, 0) is 7.05 Å². The van der Waals surface area contributed by atoms with Crippen LogP contribution in [0.25, 0.3) is 10.9 Å². The Kier molecular flexibility index (Phi) is 2.37. The molecule has 90 valence electrons. The molecule has 5 heteroatoms. The summed E-state index contributed by atoms with van der Waals surface area (Å²) in [5.74, 6) is 0.386. The van der Waals surface area contributed by atoms with Crippen molar-refractivity contribution in [3.8, 4) is 0 Å². The Hall–Kier alpha value is -2.56. The maximum Gasteiger partial charge on any atom is 0.273 e. The molecular formula is C13H12N4O. The summed E-state index contributed by atoms with van der Waals surface area (Å²) in [7, 11) is 1.83. The van der Waals surface area contributed by atoms with Crippen molar-refractivity contribution in [2.45, 2.75) is 0 Å². The van der Waals surface area contributed by atoms with Crippen LogP contribution < -0.4 is 5.32 Å². The monoisotopic (exact) mass is 240 g/mol. The smallest absolute Gasteiger partial charge is 0.273 e. The third-order valence-electron chi connectivity index (χ3n) is 2.88. The lowest BCUT2D eigenvalue weighted by atomic mass is 10.2. The Bertz CT molecular complexity index is 710. The number of benzene rings is 1. The number of nitrogens with one attached hydrogen (secondary N) is 2. The fourth-order valence-corrected chi connectivity index (χ4v) is 1.93. The molecule has 1 amide bonds. The van der Waals surface area contributed by atoms with Crippen LogP contribution in [0.5, 0.6) is 0 Å². The molecule has 0 aliphatic carbocycles. The molecule has 0 aliphatic heterocycles. The van der Waals surface area contributed by atoms with Crippen molar-refractivity contribution in [3.63, 3.8) is 0 Å². The SMILES string of the molecule is Cn1cccc1C(=O)Nc1n[nH]c2ccccc12. The first kappa shape index (κ1) is 10.6. The molecule has 0 aliphatic rings. The van der Waals surface area contributed by atoms with Gasteiger partial charge in [0.25, 0.3) is 5.91 Å². The molecule has 0 bridgehead atoms. The lowest BCUT2D eigenvalue weighted by Crippen LogP contribution is -2.15. The third-order valence-corrected chi connectivity index (χ3v) is 2.88. The highest BCUT2D eigenvalue weighted by molar-refractivity contribution is 6.06. The van der Waals surface area contributed by atoms with Crippen molar-refractivity contribution in [2.75, 3.05) is 5.32 Å². The summed E-state index contributed by atoms with van der Waals surface area (Å²) in [4.78, 5) is 12.1. The molecule has 3 rings (SSSR count). The highest BCUT2D eigenvalue weighted by atomic mass is 16.2. The Morgan fingerprint density at radius 3 is 2.89 bits per heavy atom. The molecular weight excluding hydrogens is 228 g/mol. The second-order valence-corrected chi connectivity index (χ2v) is 4.08. The molecule has 0 saturated carbocycles.